The first-order valence-corrected chi connectivity index (χ1v) is 13.1. The number of para-hydroxylation sites is 1. The molecule has 0 aromatic heterocycles. The molecule has 5 rings (SSSR count). The summed E-state index contributed by atoms with van der Waals surface area (Å²) in [5.74, 6) is 0. The van der Waals surface area contributed by atoms with E-state index in [1.165, 1.54) is 33.0 Å². The smallest absolute Gasteiger partial charge is 0.0724 e. The zero-order chi connectivity index (χ0) is 27.0. The predicted octanol–water partition coefficient (Wildman–Crippen LogP) is 7.34. The number of hydrogen-bond acceptors (Lipinski definition) is 4. The number of hydrogen-bond donors (Lipinski definition) is 4. The summed E-state index contributed by atoms with van der Waals surface area (Å²) in [6.45, 7) is 11.0. The van der Waals surface area contributed by atoms with Crippen molar-refractivity contribution in [1.82, 2.24) is 5.43 Å². The van der Waals surface area contributed by atoms with Crippen LogP contribution in [-0.2, 0) is 5.41 Å². The monoisotopic (exact) mass is 500 g/mol. The summed E-state index contributed by atoms with van der Waals surface area (Å²) in [5.41, 5.74) is 30.8. The van der Waals surface area contributed by atoms with Crippen molar-refractivity contribution in [3.63, 3.8) is 0 Å². The first-order valence-electron chi connectivity index (χ1n) is 13.1. The summed E-state index contributed by atoms with van der Waals surface area (Å²) < 4.78 is 0. The highest BCUT2D eigenvalue weighted by Gasteiger charge is 2.46. The van der Waals surface area contributed by atoms with E-state index in [9.17, 15) is 0 Å². The fourth-order valence-electron chi connectivity index (χ4n) is 6.31. The zero-order valence-electron chi connectivity index (χ0n) is 22.7. The zero-order valence-corrected chi connectivity index (χ0v) is 22.7. The van der Waals surface area contributed by atoms with Crippen LogP contribution < -0.4 is 22.3 Å². The van der Waals surface area contributed by atoms with Gasteiger partial charge in [0.05, 0.1) is 16.8 Å². The Labute approximate surface area is 225 Å². The molecule has 0 fully saturated rings. The maximum absolute atomic E-state index is 6.86. The van der Waals surface area contributed by atoms with Gasteiger partial charge in [0.25, 0.3) is 0 Å². The Bertz CT molecular complexity index is 1620. The van der Waals surface area contributed by atoms with E-state index in [-0.39, 0.29) is 0 Å². The summed E-state index contributed by atoms with van der Waals surface area (Å²) in [6.07, 6.45) is 4.68. The van der Waals surface area contributed by atoms with Gasteiger partial charge in [-0.1, -0.05) is 79.4 Å². The molecule has 1 atom stereocenters. The lowest BCUT2D eigenvalue weighted by Crippen LogP contribution is -2.34. The second-order valence-corrected chi connectivity index (χ2v) is 10.1. The lowest BCUT2D eigenvalue weighted by atomic mass is 9.57. The lowest BCUT2D eigenvalue weighted by Gasteiger charge is -2.44. The largest absolute Gasteiger partial charge is 0.404 e. The summed E-state index contributed by atoms with van der Waals surface area (Å²) in [4.78, 5) is 0. The van der Waals surface area contributed by atoms with Gasteiger partial charge in [-0.25, -0.2) is 5.43 Å². The fourth-order valence-corrected chi connectivity index (χ4v) is 6.31. The molecule has 0 amide bonds. The Balaban J connectivity index is 1.94. The molecule has 4 aromatic rings. The van der Waals surface area contributed by atoms with Crippen LogP contribution in [0.4, 0.5) is 11.4 Å². The number of allylic oxidation sites excluding steroid dienone is 4. The van der Waals surface area contributed by atoms with Crippen LogP contribution in [0, 0.1) is 13.8 Å². The number of aryl methyl sites for hydroxylation is 1. The molecule has 6 N–H and O–H groups in total. The third-order valence-electron chi connectivity index (χ3n) is 8.15. The van der Waals surface area contributed by atoms with Crippen LogP contribution in [0.15, 0.2) is 91.7 Å². The van der Waals surface area contributed by atoms with Crippen LogP contribution >= 0.6 is 0 Å². The Morgan fingerprint density at radius 1 is 0.921 bits per heavy atom. The first kappa shape index (κ1) is 25.4. The number of nitrogens with two attached hydrogens (primary N) is 2. The number of anilines is 2. The maximum atomic E-state index is 6.86. The molecule has 1 aliphatic rings. The minimum Gasteiger partial charge on any atom is -0.404 e. The molecule has 192 valence electrons. The van der Waals surface area contributed by atoms with Gasteiger partial charge in [-0.3, -0.25) is 0 Å². The van der Waals surface area contributed by atoms with Gasteiger partial charge in [-0.15, -0.1) is 0 Å². The van der Waals surface area contributed by atoms with E-state index in [0.717, 1.165) is 33.5 Å². The summed E-state index contributed by atoms with van der Waals surface area (Å²) in [5, 5.41) is 2.41. The molecule has 0 heterocycles. The van der Waals surface area contributed by atoms with Crippen molar-refractivity contribution >= 4 is 38.9 Å². The van der Waals surface area contributed by atoms with Crippen LogP contribution in [0.2, 0.25) is 0 Å². The molecule has 38 heavy (non-hydrogen) atoms. The van der Waals surface area contributed by atoms with E-state index in [1.54, 1.807) is 6.20 Å². The Kier molecular flexibility index (Phi) is 6.60. The number of benzene rings is 4. The van der Waals surface area contributed by atoms with E-state index in [1.807, 2.05) is 19.2 Å². The Hall–Kier alpha value is -4.28. The topological polar surface area (TPSA) is 76.1 Å². The summed E-state index contributed by atoms with van der Waals surface area (Å²) >= 11 is 0. The first-order chi connectivity index (χ1) is 18.4. The van der Waals surface area contributed by atoms with Gasteiger partial charge < -0.3 is 16.9 Å². The number of hydrazine groups is 1. The minimum absolute atomic E-state index is 0.612. The quantitative estimate of drug-likeness (QED) is 0.165. The second-order valence-electron chi connectivity index (χ2n) is 10.1. The highest BCUT2D eigenvalue weighted by molar-refractivity contribution is 6.08. The average Bonchev–Trinajstić information content (AvgIpc) is 2.92. The summed E-state index contributed by atoms with van der Waals surface area (Å²) in [6, 6.07) is 25.6. The SMILES string of the molecule is C=C1CC(/C(=C/C)c2cccc(NNC)c2N)(/C(=C/N)c2cccc(C)c2C)c2cccc3cccc1c23. The third kappa shape index (κ3) is 3.72. The number of rotatable bonds is 6. The van der Waals surface area contributed by atoms with E-state index < -0.39 is 5.41 Å². The van der Waals surface area contributed by atoms with Gasteiger partial charge in [0.1, 0.15) is 0 Å². The van der Waals surface area contributed by atoms with Crippen molar-refractivity contribution in [3.05, 3.63) is 125 Å². The molecule has 4 aromatic carbocycles. The van der Waals surface area contributed by atoms with Gasteiger partial charge in [0.2, 0.25) is 0 Å². The third-order valence-corrected chi connectivity index (χ3v) is 8.15. The predicted molar refractivity (Wildman–Crippen MR) is 165 cm³/mol. The molecule has 0 spiro atoms. The second kappa shape index (κ2) is 9.88. The fraction of sp³-hybridized carbons (Fsp3) is 0.176. The number of nitrogens with one attached hydrogen (secondary N) is 2. The molecule has 0 bridgehead atoms. The van der Waals surface area contributed by atoms with E-state index in [4.69, 9.17) is 11.5 Å². The maximum Gasteiger partial charge on any atom is 0.0724 e. The molecule has 4 heteroatoms. The van der Waals surface area contributed by atoms with Crippen molar-refractivity contribution in [2.45, 2.75) is 32.6 Å². The van der Waals surface area contributed by atoms with Crippen LogP contribution in [0.1, 0.15) is 46.7 Å². The molecule has 1 aliphatic carbocycles. The molecule has 0 radical (unpaired) electrons. The van der Waals surface area contributed by atoms with Crippen molar-refractivity contribution in [2.24, 2.45) is 5.73 Å². The van der Waals surface area contributed by atoms with Crippen molar-refractivity contribution in [1.29, 1.82) is 0 Å². The van der Waals surface area contributed by atoms with Gasteiger partial charge in [-0.2, -0.15) is 0 Å². The standard InChI is InChI=1S/C34H36N4/c1-6-28(27-16-10-18-31(33(27)36)38-37-5)34(30(20-35)26-15-7-11-21(2)23(26)4)19-22(3)25-14-8-12-24-13-9-17-29(34)32(24)25/h6-18,20,37-38H,3,19,35-36H2,1-2,4-5H3/b28-6+,30-20+. The Morgan fingerprint density at radius 2 is 1.61 bits per heavy atom. The molecule has 1 unspecified atom stereocenters. The van der Waals surface area contributed by atoms with Crippen LogP contribution in [-0.4, -0.2) is 7.05 Å². The molecular formula is C34H36N4. The van der Waals surface area contributed by atoms with Crippen LogP contribution in [0.3, 0.4) is 0 Å². The van der Waals surface area contributed by atoms with Crippen LogP contribution in [0.25, 0.3) is 27.5 Å². The van der Waals surface area contributed by atoms with Crippen molar-refractivity contribution in [3.8, 4) is 0 Å². The summed E-state index contributed by atoms with van der Waals surface area (Å²) in [7, 11) is 1.84. The van der Waals surface area contributed by atoms with E-state index in [0.29, 0.717) is 12.1 Å². The number of nitrogen functional groups attached to an aromatic ring is 1. The van der Waals surface area contributed by atoms with Crippen molar-refractivity contribution in [2.75, 3.05) is 18.2 Å². The molecule has 0 saturated heterocycles. The Morgan fingerprint density at radius 3 is 2.32 bits per heavy atom. The average molecular weight is 501 g/mol. The molecule has 0 saturated carbocycles. The van der Waals surface area contributed by atoms with E-state index in [2.05, 4.69) is 105 Å². The van der Waals surface area contributed by atoms with Crippen molar-refractivity contribution < 1.29 is 0 Å². The molecular weight excluding hydrogens is 464 g/mol. The van der Waals surface area contributed by atoms with Crippen LogP contribution in [0.5, 0.6) is 0 Å². The van der Waals surface area contributed by atoms with E-state index >= 15 is 0 Å². The van der Waals surface area contributed by atoms with Gasteiger partial charge >= 0.3 is 0 Å². The van der Waals surface area contributed by atoms with Gasteiger partial charge in [0.15, 0.2) is 0 Å². The highest BCUT2D eigenvalue weighted by atomic mass is 15.3. The minimum atomic E-state index is -0.612. The highest BCUT2D eigenvalue weighted by Crippen LogP contribution is 2.59. The van der Waals surface area contributed by atoms with Gasteiger partial charge in [0, 0.05) is 12.6 Å². The molecule has 4 nitrogen and oxygen atoms in total. The lowest BCUT2D eigenvalue weighted by molar-refractivity contribution is 0.730. The molecule has 0 aliphatic heterocycles. The normalized spacial score (nSPS) is 17.6. The van der Waals surface area contributed by atoms with Gasteiger partial charge in [-0.05, 0) is 94.8 Å².